The molecule has 0 radical (unpaired) electrons. The number of carbonyl (C=O) groups is 1. The molecule has 0 unspecified atom stereocenters. The second-order valence-corrected chi connectivity index (χ2v) is 8.99. The van der Waals surface area contributed by atoms with Gasteiger partial charge in [-0.3, -0.25) is 0 Å². The van der Waals surface area contributed by atoms with Crippen LogP contribution in [0.15, 0.2) is 48.5 Å². The van der Waals surface area contributed by atoms with Crippen molar-refractivity contribution in [1.29, 1.82) is 0 Å². The molecule has 4 rings (SSSR count). The summed E-state index contributed by atoms with van der Waals surface area (Å²) in [5, 5.41) is 3.45. The molecule has 0 bridgehead atoms. The molecule has 3 aromatic rings. The highest BCUT2D eigenvalue weighted by Gasteiger charge is 2.32. The molecule has 1 N–H and O–H groups in total. The topological polar surface area (TPSA) is 59.4 Å². The Morgan fingerprint density at radius 2 is 1.94 bits per heavy atom. The standard InChI is InChI=1S/C24H29FN4O2/c1-24(2,3)31-23(30)28-14-6-7-19(28)15-26-22-27-20-8-4-5-9-21(20)29(22)16-17-10-12-18(25)13-11-17/h4-5,8-13,19H,6-7,14-16H2,1-3H3,(H,26,27)/t19-/m0/s1. The van der Waals surface area contributed by atoms with Crippen LogP contribution in [0.25, 0.3) is 11.0 Å². The SMILES string of the molecule is CC(C)(C)OC(=O)N1CCC[C@H]1CNc1nc2ccccc2n1Cc1ccc(F)cc1. The summed E-state index contributed by atoms with van der Waals surface area (Å²) < 4.78 is 21.0. The number of fused-ring (bicyclic) bond motifs is 1. The first-order chi connectivity index (χ1) is 14.8. The van der Waals surface area contributed by atoms with Crippen LogP contribution < -0.4 is 5.32 Å². The quantitative estimate of drug-likeness (QED) is 0.624. The van der Waals surface area contributed by atoms with Crippen LogP contribution in [0.2, 0.25) is 0 Å². The zero-order valence-corrected chi connectivity index (χ0v) is 18.3. The van der Waals surface area contributed by atoms with Crippen LogP contribution in [0.3, 0.4) is 0 Å². The van der Waals surface area contributed by atoms with E-state index >= 15 is 0 Å². The number of benzene rings is 2. The van der Waals surface area contributed by atoms with Gasteiger partial charge < -0.3 is 19.5 Å². The Balaban J connectivity index is 1.53. The summed E-state index contributed by atoms with van der Waals surface area (Å²) in [6.45, 7) is 7.51. The third-order valence-corrected chi connectivity index (χ3v) is 5.41. The maximum Gasteiger partial charge on any atom is 0.410 e. The Hall–Kier alpha value is -3.09. The van der Waals surface area contributed by atoms with Crippen LogP contribution in [0.5, 0.6) is 0 Å². The van der Waals surface area contributed by atoms with E-state index in [1.165, 1.54) is 12.1 Å². The van der Waals surface area contributed by atoms with Gasteiger partial charge in [0, 0.05) is 13.1 Å². The number of ether oxygens (including phenoxy) is 1. The van der Waals surface area contributed by atoms with Crippen molar-refractivity contribution in [1.82, 2.24) is 14.5 Å². The summed E-state index contributed by atoms with van der Waals surface area (Å²) in [5.74, 6) is 0.489. The van der Waals surface area contributed by atoms with Crippen molar-refractivity contribution in [2.24, 2.45) is 0 Å². The van der Waals surface area contributed by atoms with Crippen molar-refractivity contribution in [3.05, 3.63) is 59.9 Å². The first-order valence-corrected chi connectivity index (χ1v) is 10.7. The van der Waals surface area contributed by atoms with Crippen LogP contribution in [-0.4, -0.2) is 45.3 Å². The van der Waals surface area contributed by atoms with Crippen molar-refractivity contribution in [2.45, 2.75) is 51.8 Å². The first kappa shape index (κ1) is 21.2. The molecule has 0 aliphatic carbocycles. The van der Waals surface area contributed by atoms with Crippen molar-refractivity contribution < 1.29 is 13.9 Å². The monoisotopic (exact) mass is 424 g/mol. The number of amides is 1. The van der Waals surface area contributed by atoms with Gasteiger partial charge in [0.25, 0.3) is 0 Å². The second-order valence-electron chi connectivity index (χ2n) is 8.99. The van der Waals surface area contributed by atoms with Crippen LogP contribution in [0.1, 0.15) is 39.2 Å². The first-order valence-electron chi connectivity index (χ1n) is 10.7. The van der Waals surface area contributed by atoms with E-state index in [9.17, 15) is 9.18 Å². The Labute approximate surface area is 182 Å². The third-order valence-electron chi connectivity index (χ3n) is 5.41. The Morgan fingerprint density at radius 3 is 2.68 bits per heavy atom. The summed E-state index contributed by atoms with van der Waals surface area (Å²) in [5.41, 5.74) is 2.37. The fraction of sp³-hybridized carbons (Fsp3) is 0.417. The molecule has 6 nitrogen and oxygen atoms in total. The van der Waals surface area contributed by atoms with Crippen LogP contribution >= 0.6 is 0 Å². The van der Waals surface area contributed by atoms with Crippen LogP contribution in [0, 0.1) is 5.82 Å². The maximum absolute atomic E-state index is 13.3. The number of carbonyl (C=O) groups excluding carboxylic acids is 1. The lowest BCUT2D eigenvalue weighted by Gasteiger charge is -2.28. The minimum atomic E-state index is -0.513. The van der Waals surface area contributed by atoms with Gasteiger partial charge >= 0.3 is 6.09 Å². The molecule has 1 amide bonds. The molecule has 2 heterocycles. The van der Waals surface area contributed by atoms with E-state index in [1.807, 2.05) is 49.9 Å². The van der Waals surface area contributed by atoms with Crippen molar-refractivity contribution in [3.63, 3.8) is 0 Å². The second kappa shape index (κ2) is 8.57. The van der Waals surface area contributed by atoms with E-state index < -0.39 is 5.60 Å². The number of rotatable bonds is 5. The summed E-state index contributed by atoms with van der Waals surface area (Å²) in [7, 11) is 0. The summed E-state index contributed by atoms with van der Waals surface area (Å²) in [4.78, 5) is 19.2. The van der Waals surface area contributed by atoms with E-state index in [0.29, 0.717) is 19.6 Å². The molecule has 1 saturated heterocycles. The molecule has 1 aliphatic rings. The number of hydrogen-bond acceptors (Lipinski definition) is 4. The number of imidazole rings is 1. The zero-order valence-electron chi connectivity index (χ0n) is 18.3. The number of nitrogens with one attached hydrogen (secondary N) is 1. The minimum Gasteiger partial charge on any atom is -0.444 e. The van der Waals surface area contributed by atoms with Gasteiger partial charge in [-0.2, -0.15) is 0 Å². The number of para-hydroxylation sites is 2. The number of hydrogen-bond donors (Lipinski definition) is 1. The van der Waals surface area contributed by atoms with Gasteiger partial charge in [-0.1, -0.05) is 24.3 Å². The number of anilines is 1. The van der Waals surface area contributed by atoms with E-state index in [0.717, 1.165) is 35.4 Å². The molecule has 7 heteroatoms. The van der Waals surface area contributed by atoms with Gasteiger partial charge in [0.1, 0.15) is 11.4 Å². The molecular weight excluding hydrogens is 395 g/mol. The normalized spacial score (nSPS) is 16.6. The average molecular weight is 425 g/mol. The van der Waals surface area contributed by atoms with E-state index in [-0.39, 0.29) is 18.0 Å². The predicted molar refractivity (Wildman–Crippen MR) is 120 cm³/mol. The lowest BCUT2D eigenvalue weighted by molar-refractivity contribution is 0.0235. The van der Waals surface area contributed by atoms with Gasteiger partial charge in [-0.15, -0.1) is 0 Å². The van der Waals surface area contributed by atoms with Crippen molar-refractivity contribution in [3.8, 4) is 0 Å². The van der Waals surface area contributed by atoms with E-state index in [1.54, 1.807) is 12.1 Å². The minimum absolute atomic E-state index is 0.0499. The number of aromatic nitrogens is 2. The highest BCUT2D eigenvalue weighted by Crippen LogP contribution is 2.24. The molecule has 2 aromatic carbocycles. The van der Waals surface area contributed by atoms with Crippen molar-refractivity contribution >= 4 is 23.1 Å². The molecule has 1 atom stereocenters. The Morgan fingerprint density at radius 1 is 1.19 bits per heavy atom. The van der Waals surface area contributed by atoms with Gasteiger partial charge in [0.15, 0.2) is 0 Å². The van der Waals surface area contributed by atoms with Gasteiger partial charge in [0.05, 0.1) is 23.6 Å². The fourth-order valence-corrected chi connectivity index (χ4v) is 3.96. The summed E-state index contributed by atoms with van der Waals surface area (Å²) in [6, 6.07) is 14.5. The summed E-state index contributed by atoms with van der Waals surface area (Å²) in [6.07, 6.45) is 1.61. The average Bonchev–Trinajstić information content (AvgIpc) is 3.32. The van der Waals surface area contributed by atoms with Gasteiger partial charge in [-0.05, 0) is 63.4 Å². The fourth-order valence-electron chi connectivity index (χ4n) is 3.96. The zero-order chi connectivity index (χ0) is 22.0. The number of halogens is 1. The molecule has 1 aliphatic heterocycles. The van der Waals surface area contributed by atoms with E-state index in [2.05, 4.69) is 9.88 Å². The Bertz CT molecular complexity index is 1060. The molecule has 1 aromatic heterocycles. The molecule has 0 spiro atoms. The lowest BCUT2D eigenvalue weighted by Crippen LogP contribution is -2.42. The predicted octanol–water partition coefficient (Wildman–Crippen LogP) is 5.04. The molecule has 31 heavy (non-hydrogen) atoms. The van der Waals surface area contributed by atoms with Gasteiger partial charge in [-0.25, -0.2) is 14.2 Å². The smallest absolute Gasteiger partial charge is 0.410 e. The van der Waals surface area contributed by atoms with E-state index in [4.69, 9.17) is 9.72 Å². The molecule has 1 fully saturated rings. The van der Waals surface area contributed by atoms with Gasteiger partial charge in [0.2, 0.25) is 5.95 Å². The largest absolute Gasteiger partial charge is 0.444 e. The number of likely N-dealkylation sites (tertiary alicyclic amines) is 1. The number of nitrogens with zero attached hydrogens (tertiary/aromatic N) is 3. The van der Waals surface area contributed by atoms with Crippen LogP contribution in [-0.2, 0) is 11.3 Å². The molecular formula is C24H29FN4O2. The van der Waals surface area contributed by atoms with Crippen molar-refractivity contribution in [2.75, 3.05) is 18.4 Å². The summed E-state index contributed by atoms with van der Waals surface area (Å²) >= 11 is 0. The maximum atomic E-state index is 13.3. The molecule has 164 valence electrons. The van der Waals surface area contributed by atoms with Crippen LogP contribution in [0.4, 0.5) is 15.1 Å². The highest BCUT2D eigenvalue weighted by atomic mass is 19.1. The third kappa shape index (κ3) is 4.98. The Kier molecular flexibility index (Phi) is 5.85. The lowest BCUT2D eigenvalue weighted by atomic mass is 10.2. The molecule has 0 saturated carbocycles. The highest BCUT2D eigenvalue weighted by molar-refractivity contribution is 5.78.